The number of imide groups is 1. The molecule has 1 unspecified atom stereocenters. The van der Waals surface area contributed by atoms with E-state index in [1.807, 2.05) is 12.1 Å². The molecule has 1 aromatic rings. The molecular weight excluding hydrogens is 328 g/mol. The van der Waals surface area contributed by atoms with E-state index in [4.69, 9.17) is 4.55 Å². The van der Waals surface area contributed by atoms with Gasteiger partial charge in [-0.2, -0.15) is 0 Å². The monoisotopic (exact) mass is 352 g/mol. The van der Waals surface area contributed by atoms with Crippen molar-refractivity contribution in [1.82, 2.24) is 10.6 Å². The molecule has 132 valence electrons. The van der Waals surface area contributed by atoms with Crippen molar-refractivity contribution >= 4 is 23.0 Å². The van der Waals surface area contributed by atoms with Crippen LogP contribution in [0.2, 0.25) is 0 Å². The zero-order chi connectivity index (χ0) is 17.5. The highest BCUT2D eigenvalue weighted by Gasteiger charge is 2.27. The Morgan fingerprint density at radius 3 is 2.42 bits per heavy atom. The number of nitrogens with one attached hydrogen (secondary N) is 2. The fraction of sp³-hybridized carbons (Fsp3) is 0.529. The second-order valence-electron chi connectivity index (χ2n) is 6.21. The lowest BCUT2D eigenvalue weighted by molar-refractivity contribution is -0.121. The number of hydrogen-bond acceptors (Lipinski definition) is 3. The van der Waals surface area contributed by atoms with Crippen molar-refractivity contribution in [2.45, 2.75) is 43.8 Å². The Labute approximate surface area is 144 Å². The van der Waals surface area contributed by atoms with Crippen LogP contribution in [0.5, 0.6) is 0 Å². The molecule has 0 spiro atoms. The van der Waals surface area contributed by atoms with Gasteiger partial charge in [-0.05, 0) is 23.5 Å². The lowest BCUT2D eigenvalue weighted by atomic mass is 9.87. The standard InChI is InChI=1S/C17H24N2O4S/c1-18-17(21)19-16(20)15(10-12-4-2-3-5-12)14-8-6-13(7-9-14)11-24(22)23/h6-9,12,15H,2-5,10-11H2,1H3,(H,22,23)(H2,18,19,20,21)/t15-/m0/s1. The summed E-state index contributed by atoms with van der Waals surface area (Å²) < 4.78 is 19.8. The van der Waals surface area contributed by atoms with Gasteiger partial charge in [0.25, 0.3) is 0 Å². The molecule has 0 aliphatic heterocycles. The fourth-order valence-corrected chi connectivity index (χ4v) is 3.70. The normalized spacial score (nSPS) is 17.2. The van der Waals surface area contributed by atoms with Crippen LogP contribution in [0.3, 0.4) is 0 Å². The maximum absolute atomic E-state index is 12.5. The van der Waals surface area contributed by atoms with E-state index < -0.39 is 17.1 Å². The molecule has 2 rings (SSSR count). The molecule has 0 heterocycles. The molecule has 1 aromatic carbocycles. The van der Waals surface area contributed by atoms with E-state index in [1.54, 1.807) is 12.1 Å². The molecule has 1 aliphatic carbocycles. The van der Waals surface area contributed by atoms with E-state index in [-0.39, 0.29) is 17.6 Å². The first-order chi connectivity index (χ1) is 11.5. The maximum atomic E-state index is 12.5. The van der Waals surface area contributed by atoms with Crippen LogP contribution in [0.25, 0.3) is 0 Å². The number of rotatable bonds is 6. The number of carbonyl (C=O) groups excluding carboxylic acids is 2. The van der Waals surface area contributed by atoms with Crippen LogP contribution in [-0.4, -0.2) is 27.7 Å². The molecule has 0 bridgehead atoms. The highest BCUT2D eigenvalue weighted by molar-refractivity contribution is 7.78. The first kappa shape index (κ1) is 18.6. The van der Waals surface area contributed by atoms with E-state index in [2.05, 4.69) is 10.6 Å². The molecular formula is C17H24N2O4S. The molecule has 3 N–H and O–H groups in total. The van der Waals surface area contributed by atoms with Gasteiger partial charge < -0.3 is 9.87 Å². The minimum absolute atomic E-state index is 0.0675. The number of benzene rings is 1. The maximum Gasteiger partial charge on any atom is 0.321 e. The van der Waals surface area contributed by atoms with Crippen LogP contribution in [0.1, 0.15) is 49.1 Å². The highest BCUT2D eigenvalue weighted by Crippen LogP contribution is 2.34. The summed E-state index contributed by atoms with van der Waals surface area (Å²) in [6.45, 7) is 0. The molecule has 1 aliphatic rings. The van der Waals surface area contributed by atoms with Crippen LogP contribution in [0, 0.1) is 5.92 Å². The lowest BCUT2D eigenvalue weighted by Crippen LogP contribution is -2.40. The molecule has 1 saturated carbocycles. The zero-order valence-electron chi connectivity index (χ0n) is 13.8. The summed E-state index contributed by atoms with van der Waals surface area (Å²) in [5, 5.41) is 4.77. The third-order valence-electron chi connectivity index (χ3n) is 4.50. The van der Waals surface area contributed by atoms with Gasteiger partial charge in [-0.15, -0.1) is 0 Å². The third kappa shape index (κ3) is 5.42. The molecule has 0 radical (unpaired) electrons. The van der Waals surface area contributed by atoms with Crippen LogP contribution >= 0.6 is 0 Å². The van der Waals surface area contributed by atoms with Crippen molar-refractivity contribution in [3.05, 3.63) is 35.4 Å². The SMILES string of the molecule is CNC(=O)NC(=O)[C@@H](CC1CCCC1)c1ccc(CS(=O)O)cc1. The first-order valence-electron chi connectivity index (χ1n) is 8.18. The van der Waals surface area contributed by atoms with E-state index >= 15 is 0 Å². The number of carbonyl (C=O) groups is 2. The Morgan fingerprint density at radius 2 is 1.88 bits per heavy atom. The number of amides is 3. The lowest BCUT2D eigenvalue weighted by Gasteiger charge is -2.20. The van der Waals surface area contributed by atoms with Gasteiger partial charge >= 0.3 is 6.03 Å². The van der Waals surface area contributed by atoms with Gasteiger partial charge in [0.2, 0.25) is 5.91 Å². The van der Waals surface area contributed by atoms with Crippen molar-refractivity contribution in [2.24, 2.45) is 5.92 Å². The summed E-state index contributed by atoms with van der Waals surface area (Å²) >= 11 is -1.89. The minimum Gasteiger partial charge on any atom is -0.341 e. The Hall–Kier alpha value is -1.73. The van der Waals surface area contributed by atoms with E-state index in [0.717, 1.165) is 24.0 Å². The van der Waals surface area contributed by atoms with Gasteiger partial charge in [0.1, 0.15) is 0 Å². The predicted molar refractivity (Wildman–Crippen MR) is 92.8 cm³/mol. The van der Waals surface area contributed by atoms with Crippen LogP contribution in [0.4, 0.5) is 4.79 Å². The van der Waals surface area contributed by atoms with Gasteiger partial charge in [-0.25, -0.2) is 9.00 Å². The van der Waals surface area contributed by atoms with Gasteiger partial charge in [-0.3, -0.25) is 10.1 Å². The van der Waals surface area contributed by atoms with Crippen molar-refractivity contribution in [3.63, 3.8) is 0 Å². The summed E-state index contributed by atoms with van der Waals surface area (Å²) in [5.41, 5.74) is 1.57. The Bertz CT molecular complexity index is 597. The Morgan fingerprint density at radius 1 is 1.25 bits per heavy atom. The molecule has 3 amide bonds. The summed E-state index contributed by atoms with van der Waals surface area (Å²) in [7, 11) is 1.47. The van der Waals surface area contributed by atoms with E-state index in [0.29, 0.717) is 12.3 Å². The molecule has 7 heteroatoms. The Balaban J connectivity index is 2.15. The number of hydrogen-bond donors (Lipinski definition) is 3. The van der Waals surface area contributed by atoms with Gasteiger partial charge in [0.05, 0.1) is 11.7 Å². The highest BCUT2D eigenvalue weighted by atomic mass is 32.2. The predicted octanol–water partition coefficient (Wildman–Crippen LogP) is 2.53. The number of urea groups is 1. The smallest absolute Gasteiger partial charge is 0.321 e. The van der Waals surface area contributed by atoms with Crippen molar-refractivity contribution < 1.29 is 18.4 Å². The molecule has 6 nitrogen and oxygen atoms in total. The van der Waals surface area contributed by atoms with Crippen molar-refractivity contribution in [3.8, 4) is 0 Å². The molecule has 1 fully saturated rings. The van der Waals surface area contributed by atoms with Crippen LogP contribution in [-0.2, 0) is 21.6 Å². The van der Waals surface area contributed by atoms with E-state index in [1.165, 1.54) is 19.9 Å². The topological polar surface area (TPSA) is 95.5 Å². The fourth-order valence-electron chi connectivity index (χ4n) is 3.22. The second-order valence-corrected chi connectivity index (χ2v) is 7.15. The van der Waals surface area contributed by atoms with E-state index in [9.17, 15) is 13.8 Å². The zero-order valence-corrected chi connectivity index (χ0v) is 14.6. The van der Waals surface area contributed by atoms with Gasteiger partial charge in [0, 0.05) is 7.05 Å². The van der Waals surface area contributed by atoms with Crippen LogP contribution in [0.15, 0.2) is 24.3 Å². The quantitative estimate of drug-likeness (QED) is 0.686. The first-order valence-corrected chi connectivity index (χ1v) is 9.46. The minimum atomic E-state index is -1.89. The van der Waals surface area contributed by atoms with Gasteiger partial charge in [0.15, 0.2) is 11.1 Å². The van der Waals surface area contributed by atoms with Crippen LogP contribution < -0.4 is 10.6 Å². The summed E-state index contributed by atoms with van der Waals surface area (Å²) in [6.07, 6.45) is 5.33. The van der Waals surface area contributed by atoms with Crippen molar-refractivity contribution in [1.29, 1.82) is 0 Å². The Kier molecular flexibility index (Phi) is 6.93. The van der Waals surface area contributed by atoms with Gasteiger partial charge in [-0.1, -0.05) is 49.9 Å². The molecule has 0 saturated heterocycles. The second kappa shape index (κ2) is 8.94. The van der Waals surface area contributed by atoms with Crippen molar-refractivity contribution in [2.75, 3.05) is 7.05 Å². The average Bonchev–Trinajstić information content (AvgIpc) is 3.06. The summed E-state index contributed by atoms with van der Waals surface area (Å²) in [6, 6.07) is 6.64. The summed E-state index contributed by atoms with van der Waals surface area (Å²) in [5.74, 6) is -0.133. The average molecular weight is 352 g/mol. The third-order valence-corrected chi connectivity index (χ3v) is 5.08. The molecule has 24 heavy (non-hydrogen) atoms. The molecule has 2 atom stereocenters. The largest absolute Gasteiger partial charge is 0.341 e. The molecule has 0 aromatic heterocycles. The summed E-state index contributed by atoms with van der Waals surface area (Å²) in [4.78, 5) is 24.0.